The topological polar surface area (TPSA) is 79.3 Å². The first-order valence-corrected chi connectivity index (χ1v) is 6.26. The third-order valence-electron chi connectivity index (χ3n) is 2.73. The molecule has 0 aliphatic heterocycles. The third kappa shape index (κ3) is 3.55. The van der Waals surface area contributed by atoms with Crippen molar-refractivity contribution in [1.29, 1.82) is 0 Å². The molecule has 1 amide bonds. The number of benzene rings is 1. The zero-order chi connectivity index (χ0) is 15.4. The van der Waals surface area contributed by atoms with Crippen LogP contribution in [0.25, 0.3) is 0 Å². The Bertz CT molecular complexity index is 676. The summed E-state index contributed by atoms with van der Waals surface area (Å²) in [6.45, 7) is 0. The van der Waals surface area contributed by atoms with E-state index in [2.05, 4.69) is 10.3 Å². The average Bonchev–Trinajstić information content (AvgIpc) is 2.46. The number of amides is 1. The van der Waals surface area contributed by atoms with Gasteiger partial charge in [-0.3, -0.25) is 4.79 Å². The maximum atomic E-state index is 12.7. The fraction of sp³-hybridized carbons (Fsp3) is 0.0714. The standard InChI is InChI=1S/C14H10ClFN2O3/c15-10-4-2-1-3-9(10)12(14(20)21)18-13(19)8-5-6-11(16)17-7-8/h1-7,12H,(H,18,19)(H,20,21)/t12-/m1/s1. The fourth-order valence-corrected chi connectivity index (χ4v) is 1.95. The summed E-state index contributed by atoms with van der Waals surface area (Å²) in [5, 5.41) is 11.8. The number of carboxylic acids is 1. The van der Waals surface area contributed by atoms with Crippen LogP contribution >= 0.6 is 11.6 Å². The maximum absolute atomic E-state index is 12.7. The second-order valence-corrected chi connectivity index (χ2v) is 4.54. The van der Waals surface area contributed by atoms with Gasteiger partial charge in [0, 0.05) is 16.8 Å². The van der Waals surface area contributed by atoms with E-state index in [4.69, 9.17) is 11.6 Å². The highest BCUT2D eigenvalue weighted by Gasteiger charge is 2.24. The second-order valence-electron chi connectivity index (χ2n) is 4.14. The average molecular weight is 309 g/mol. The normalized spacial score (nSPS) is 11.7. The summed E-state index contributed by atoms with van der Waals surface area (Å²) in [5.74, 6) is -2.67. The van der Waals surface area contributed by atoms with Crippen LogP contribution in [0.2, 0.25) is 5.02 Å². The van der Waals surface area contributed by atoms with Crippen molar-refractivity contribution in [3.05, 3.63) is 64.7 Å². The lowest BCUT2D eigenvalue weighted by Gasteiger charge is -2.16. The molecule has 0 bridgehead atoms. The summed E-state index contributed by atoms with van der Waals surface area (Å²) in [7, 11) is 0. The van der Waals surface area contributed by atoms with Crippen LogP contribution in [-0.2, 0) is 4.79 Å². The Balaban J connectivity index is 2.25. The van der Waals surface area contributed by atoms with Gasteiger partial charge < -0.3 is 10.4 Å². The molecule has 0 saturated carbocycles. The molecule has 0 aliphatic rings. The molecule has 21 heavy (non-hydrogen) atoms. The number of nitrogens with one attached hydrogen (secondary N) is 1. The summed E-state index contributed by atoms with van der Waals surface area (Å²) >= 11 is 5.94. The van der Waals surface area contributed by atoms with Gasteiger partial charge >= 0.3 is 5.97 Å². The van der Waals surface area contributed by atoms with E-state index in [1.54, 1.807) is 12.1 Å². The highest BCUT2D eigenvalue weighted by Crippen LogP contribution is 2.23. The van der Waals surface area contributed by atoms with Crippen LogP contribution in [0.1, 0.15) is 22.0 Å². The number of carbonyl (C=O) groups excluding carboxylic acids is 1. The van der Waals surface area contributed by atoms with Crippen LogP contribution in [-0.4, -0.2) is 22.0 Å². The van der Waals surface area contributed by atoms with Gasteiger partial charge in [-0.2, -0.15) is 4.39 Å². The number of pyridine rings is 1. The molecule has 0 radical (unpaired) electrons. The summed E-state index contributed by atoms with van der Waals surface area (Å²) in [6, 6.07) is 7.21. The van der Waals surface area contributed by atoms with Gasteiger partial charge in [-0.25, -0.2) is 9.78 Å². The van der Waals surface area contributed by atoms with Crippen LogP contribution in [0.5, 0.6) is 0 Å². The molecule has 1 heterocycles. The molecular formula is C14H10ClFN2O3. The molecule has 0 unspecified atom stereocenters. The number of hydrogen-bond acceptors (Lipinski definition) is 3. The number of carboxylic acid groups (broad SMARTS) is 1. The van der Waals surface area contributed by atoms with Gasteiger partial charge in [0.05, 0.1) is 5.56 Å². The smallest absolute Gasteiger partial charge is 0.330 e. The predicted octanol–water partition coefficient (Wildman–Crippen LogP) is 2.43. The third-order valence-corrected chi connectivity index (χ3v) is 3.07. The van der Waals surface area contributed by atoms with Gasteiger partial charge in [0.15, 0.2) is 6.04 Å². The predicted molar refractivity (Wildman–Crippen MR) is 73.5 cm³/mol. The van der Waals surface area contributed by atoms with Crippen molar-refractivity contribution in [2.45, 2.75) is 6.04 Å². The van der Waals surface area contributed by atoms with E-state index in [0.717, 1.165) is 12.3 Å². The van der Waals surface area contributed by atoms with E-state index in [1.807, 2.05) is 0 Å². The number of nitrogens with zero attached hydrogens (tertiary/aromatic N) is 1. The van der Waals surface area contributed by atoms with Crippen LogP contribution in [0.15, 0.2) is 42.6 Å². The van der Waals surface area contributed by atoms with Crippen molar-refractivity contribution in [2.24, 2.45) is 0 Å². The van der Waals surface area contributed by atoms with E-state index < -0.39 is 23.9 Å². The largest absolute Gasteiger partial charge is 0.479 e. The van der Waals surface area contributed by atoms with Gasteiger partial charge in [0.1, 0.15) is 0 Å². The Morgan fingerprint density at radius 3 is 2.52 bits per heavy atom. The Kier molecular flexibility index (Phi) is 4.49. The van der Waals surface area contributed by atoms with Gasteiger partial charge in [0.25, 0.3) is 5.91 Å². The SMILES string of the molecule is O=C(N[C@@H](C(=O)O)c1ccccc1Cl)c1ccc(F)nc1. The Labute approximate surface area is 124 Å². The molecule has 1 atom stereocenters. The molecular weight excluding hydrogens is 299 g/mol. The first-order chi connectivity index (χ1) is 9.99. The van der Waals surface area contributed by atoms with Crippen molar-refractivity contribution < 1.29 is 19.1 Å². The number of aliphatic carboxylic acids is 1. The lowest BCUT2D eigenvalue weighted by Crippen LogP contribution is -2.34. The van der Waals surface area contributed by atoms with Crippen LogP contribution in [0.4, 0.5) is 4.39 Å². The monoisotopic (exact) mass is 308 g/mol. The molecule has 108 valence electrons. The fourth-order valence-electron chi connectivity index (χ4n) is 1.71. The number of hydrogen-bond donors (Lipinski definition) is 2. The molecule has 2 N–H and O–H groups in total. The lowest BCUT2D eigenvalue weighted by atomic mass is 10.1. The number of aromatic nitrogens is 1. The Morgan fingerprint density at radius 2 is 1.95 bits per heavy atom. The molecule has 0 aliphatic carbocycles. The van der Waals surface area contributed by atoms with Gasteiger partial charge in [-0.15, -0.1) is 0 Å². The zero-order valence-electron chi connectivity index (χ0n) is 10.6. The molecule has 5 nitrogen and oxygen atoms in total. The van der Waals surface area contributed by atoms with Crippen LogP contribution in [0.3, 0.4) is 0 Å². The molecule has 1 aromatic heterocycles. The van der Waals surface area contributed by atoms with Crippen LogP contribution < -0.4 is 5.32 Å². The summed E-state index contributed by atoms with van der Waals surface area (Å²) in [5.41, 5.74) is 0.310. The molecule has 0 fully saturated rings. The van der Waals surface area contributed by atoms with E-state index in [1.165, 1.54) is 18.2 Å². The van der Waals surface area contributed by atoms with Gasteiger partial charge in [-0.1, -0.05) is 29.8 Å². The molecule has 1 aromatic carbocycles. The van der Waals surface area contributed by atoms with Crippen molar-refractivity contribution >= 4 is 23.5 Å². The maximum Gasteiger partial charge on any atom is 0.330 e. The van der Waals surface area contributed by atoms with Crippen molar-refractivity contribution in [1.82, 2.24) is 10.3 Å². The number of halogens is 2. The van der Waals surface area contributed by atoms with E-state index >= 15 is 0 Å². The van der Waals surface area contributed by atoms with E-state index in [0.29, 0.717) is 0 Å². The van der Waals surface area contributed by atoms with Gasteiger partial charge in [0.2, 0.25) is 5.95 Å². The van der Waals surface area contributed by atoms with Crippen LogP contribution in [0, 0.1) is 5.95 Å². The minimum atomic E-state index is -1.31. The summed E-state index contributed by atoms with van der Waals surface area (Å²) in [4.78, 5) is 26.6. The lowest BCUT2D eigenvalue weighted by molar-refractivity contribution is -0.139. The van der Waals surface area contributed by atoms with E-state index in [-0.39, 0.29) is 16.1 Å². The van der Waals surface area contributed by atoms with Crippen molar-refractivity contribution in [2.75, 3.05) is 0 Å². The van der Waals surface area contributed by atoms with Crippen molar-refractivity contribution in [3.8, 4) is 0 Å². The first-order valence-electron chi connectivity index (χ1n) is 5.88. The summed E-state index contributed by atoms with van der Waals surface area (Å²) in [6.07, 6.45) is 1.02. The quantitative estimate of drug-likeness (QED) is 0.850. The Morgan fingerprint density at radius 1 is 1.24 bits per heavy atom. The minimum absolute atomic E-state index is 0.0507. The minimum Gasteiger partial charge on any atom is -0.479 e. The van der Waals surface area contributed by atoms with E-state index in [9.17, 15) is 19.1 Å². The number of carbonyl (C=O) groups is 2. The molecule has 7 heteroatoms. The highest BCUT2D eigenvalue weighted by atomic mass is 35.5. The highest BCUT2D eigenvalue weighted by molar-refractivity contribution is 6.31. The summed E-state index contributed by atoms with van der Waals surface area (Å²) < 4.78 is 12.7. The second kappa shape index (κ2) is 6.32. The molecule has 0 spiro atoms. The zero-order valence-corrected chi connectivity index (χ0v) is 11.3. The molecule has 2 aromatic rings. The number of rotatable bonds is 4. The van der Waals surface area contributed by atoms with Gasteiger partial charge in [-0.05, 0) is 18.2 Å². The first kappa shape index (κ1) is 14.9. The molecule has 2 rings (SSSR count). The molecule has 0 saturated heterocycles. The Hall–Kier alpha value is -2.47. The van der Waals surface area contributed by atoms with Crippen molar-refractivity contribution in [3.63, 3.8) is 0 Å².